The summed E-state index contributed by atoms with van der Waals surface area (Å²) in [6.07, 6.45) is 0.194. The van der Waals surface area contributed by atoms with E-state index in [1.807, 2.05) is 0 Å². The molecular weight excluding hydrogens is 256 g/mol. The van der Waals surface area contributed by atoms with E-state index in [4.69, 9.17) is 16.3 Å². The van der Waals surface area contributed by atoms with Crippen LogP contribution >= 0.6 is 11.6 Å². The van der Waals surface area contributed by atoms with Gasteiger partial charge in [0.15, 0.2) is 5.78 Å². The van der Waals surface area contributed by atoms with Crippen LogP contribution in [-0.4, -0.2) is 29.3 Å². The van der Waals surface area contributed by atoms with Crippen LogP contribution in [0.5, 0.6) is 0 Å². The van der Waals surface area contributed by atoms with Crippen molar-refractivity contribution < 1.29 is 19.4 Å². The van der Waals surface area contributed by atoms with Crippen molar-refractivity contribution >= 4 is 23.4 Å². The second-order valence-electron chi connectivity index (χ2n) is 3.72. The maximum Gasteiger partial charge on any atom is 0.338 e. The second kappa shape index (κ2) is 7.13. The molecular formula is C13H15ClO4. The Hall–Kier alpha value is -1.39. The maximum atomic E-state index is 11.6. The Morgan fingerprint density at radius 2 is 2.11 bits per heavy atom. The summed E-state index contributed by atoms with van der Waals surface area (Å²) in [6.45, 7) is 1.71. The van der Waals surface area contributed by atoms with Crippen molar-refractivity contribution in [1.29, 1.82) is 0 Å². The van der Waals surface area contributed by atoms with Gasteiger partial charge >= 0.3 is 5.97 Å². The molecule has 0 amide bonds. The molecule has 0 radical (unpaired) electrons. The molecule has 1 N–H and O–H groups in total. The van der Waals surface area contributed by atoms with E-state index in [2.05, 4.69) is 0 Å². The van der Waals surface area contributed by atoms with Gasteiger partial charge < -0.3 is 9.84 Å². The monoisotopic (exact) mass is 270 g/mol. The number of alkyl halides is 1. The molecule has 1 aromatic carbocycles. The van der Waals surface area contributed by atoms with Gasteiger partial charge in [0.25, 0.3) is 0 Å². The summed E-state index contributed by atoms with van der Waals surface area (Å²) < 4.78 is 4.87. The first kappa shape index (κ1) is 14.7. The maximum absolute atomic E-state index is 11.6. The molecule has 0 unspecified atom stereocenters. The number of esters is 1. The van der Waals surface area contributed by atoms with Gasteiger partial charge in [-0.15, -0.1) is 11.6 Å². The van der Waals surface area contributed by atoms with E-state index in [1.165, 1.54) is 0 Å². The third-order valence-electron chi connectivity index (χ3n) is 2.39. The van der Waals surface area contributed by atoms with Gasteiger partial charge in [-0.2, -0.15) is 0 Å². The van der Waals surface area contributed by atoms with Crippen LogP contribution in [0.4, 0.5) is 0 Å². The second-order valence-corrected chi connectivity index (χ2v) is 3.99. The SMILES string of the molecule is CCOC(=O)c1ccc(CC(=O)CCl)cc1CO. The summed E-state index contributed by atoms with van der Waals surface area (Å²) in [5.74, 6) is -0.630. The zero-order valence-electron chi connectivity index (χ0n) is 10.1. The smallest absolute Gasteiger partial charge is 0.338 e. The molecule has 1 rings (SSSR count). The molecule has 1 aromatic rings. The highest BCUT2D eigenvalue weighted by Gasteiger charge is 2.13. The zero-order valence-corrected chi connectivity index (χ0v) is 10.9. The molecule has 0 saturated heterocycles. The zero-order chi connectivity index (χ0) is 13.5. The fourth-order valence-corrected chi connectivity index (χ4v) is 1.67. The molecule has 0 bridgehead atoms. The Morgan fingerprint density at radius 3 is 2.67 bits per heavy atom. The van der Waals surface area contributed by atoms with Crippen molar-refractivity contribution in [1.82, 2.24) is 0 Å². The molecule has 18 heavy (non-hydrogen) atoms. The summed E-state index contributed by atoms with van der Waals surface area (Å²) in [7, 11) is 0. The molecule has 0 heterocycles. The van der Waals surface area contributed by atoms with Gasteiger partial charge in [-0.3, -0.25) is 4.79 Å². The molecule has 0 aromatic heterocycles. The Kier molecular flexibility index (Phi) is 5.82. The number of aliphatic hydroxyl groups is 1. The van der Waals surface area contributed by atoms with Crippen molar-refractivity contribution in [2.75, 3.05) is 12.5 Å². The Morgan fingerprint density at radius 1 is 1.39 bits per heavy atom. The highest BCUT2D eigenvalue weighted by Crippen LogP contribution is 2.14. The first-order chi connectivity index (χ1) is 8.62. The van der Waals surface area contributed by atoms with E-state index in [1.54, 1.807) is 25.1 Å². The number of ether oxygens (including phenoxy) is 1. The van der Waals surface area contributed by atoms with Crippen molar-refractivity contribution in [3.05, 3.63) is 34.9 Å². The predicted molar refractivity (Wildman–Crippen MR) is 67.8 cm³/mol. The lowest BCUT2D eigenvalue weighted by atomic mass is 10.0. The van der Waals surface area contributed by atoms with Crippen molar-refractivity contribution in [2.45, 2.75) is 20.0 Å². The van der Waals surface area contributed by atoms with Gasteiger partial charge in [0, 0.05) is 6.42 Å². The van der Waals surface area contributed by atoms with Gasteiger partial charge in [0.2, 0.25) is 0 Å². The van der Waals surface area contributed by atoms with Crippen molar-refractivity contribution in [2.24, 2.45) is 0 Å². The molecule has 0 aliphatic rings. The molecule has 0 atom stereocenters. The van der Waals surface area contributed by atoms with Gasteiger partial charge in [-0.1, -0.05) is 12.1 Å². The lowest BCUT2D eigenvalue weighted by Gasteiger charge is -2.08. The molecule has 5 heteroatoms. The summed E-state index contributed by atoms with van der Waals surface area (Å²) in [5, 5.41) is 9.23. The number of carbonyl (C=O) groups is 2. The van der Waals surface area contributed by atoms with E-state index < -0.39 is 5.97 Å². The van der Waals surface area contributed by atoms with Crippen molar-refractivity contribution in [3.8, 4) is 0 Å². The largest absolute Gasteiger partial charge is 0.462 e. The number of hydrogen-bond acceptors (Lipinski definition) is 4. The number of ketones is 1. The van der Waals surface area contributed by atoms with E-state index >= 15 is 0 Å². The summed E-state index contributed by atoms with van der Waals surface area (Å²) >= 11 is 5.43. The molecule has 0 fully saturated rings. The van der Waals surface area contributed by atoms with Crippen LogP contribution < -0.4 is 0 Å². The number of halogens is 1. The van der Waals surface area contributed by atoms with E-state index in [-0.39, 0.29) is 31.3 Å². The fraction of sp³-hybridized carbons (Fsp3) is 0.385. The standard InChI is InChI=1S/C13H15ClO4/c1-2-18-13(17)12-4-3-9(5-10(12)8-15)6-11(16)7-14/h3-5,15H,2,6-8H2,1H3. The van der Waals surface area contributed by atoms with Crippen LogP contribution in [0.1, 0.15) is 28.4 Å². The van der Waals surface area contributed by atoms with Gasteiger partial charge in [-0.05, 0) is 24.1 Å². The average molecular weight is 271 g/mol. The Labute approximate surface area is 111 Å². The first-order valence-electron chi connectivity index (χ1n) is 5.59. The number of rotatable bonds is 6. The number of hydrogen-bond donors (Lipinski definition) is 1. The number of Topliss-reactive ketones (excluding diaryl/α,β-unsaturated/α-hetero) is 1. The topological polar surface area (TPSA) is 63.6 Å². The summed E-state index contributed by atoms with van der Waals surface area (Å²) in [6, 6.07) is 4.84. The van der Waals surface area contributed by atoms with E-state index in [0.29, 0.717) is 11.1 Å². The average Bonchev–Trinajstić information content (AvgIpc) is 2.38. The molecule has 98 valence electrons. The van der Waals surface area contributed by atoms with E-state index in [9.17, 15) is 14.7 Å². The number of aliphatic hydroxyl groups excluding tert-OH is 1. The molecule has 0 saturated carbocycles. The highest BCUT2D eigenvalue weighted by molar-refractivity contribution is 6.27. The van der Waals surface area contributed by atoms with Crippen LogP contribution in [0, 0.1) is 0 Å². The lowest BCUT2D eigenvalue weighted by Crippen LogP contribution is -2.10. The van der Waals surface area contributed by atoms with Gasteiger partial charge in [0.1, 0.15) is 0 Å². The Bertz CT molecular complexity index is 443. The van der Waals surface area contributed by atoms with Crippen LogP contribution in [0.15, 0.2) is 18.2 Å². The highest BCUT2D eigenvalue weighted by atomic mass is 35.5. The van der Waals surface area contributed by atoms with Crippen LogP contribution in [0.25, 0.3) is 0 Å². The summed E-state index contributed by atoms with van der Waals surface area (Å²) in [5.41, 5.74) is 1.49. The quantitative estimate of drug-likeness (QED) is 0.631. The molecule has 0 aliphatic heterocycles. The minimum Gasteiger partial charge on any atom is -0.462 e. The minimum atomic E-state index is -0.475. The van der Waals surface area contributed by atoms with Crippen molar-refractivity contribution in [3.63, 3.8) is 0 Å². The minimum absolute atomic E-state index is 0.0475. The van der Waals surface area contributed by atoms with Crippen LogP contribution in [0.3, 0.4) is 0 Å². The van der Waals surface area contributed by atoms with Crippen LogP contribution in [-0.2, 0) is 22.6 Å². The fourth-order valence-electron chi connectivity index (χ4n) is 1.57. The first-order valence-corrected chi connectivity index (χ1v) is 6.13. The normalized spacial score (nSPS) is 10.2. The van der Waals surface area contributed by atoms with Crippen LogP contribution in [0.2, 0.25) is 0 Å². The van der Waals surface area contributed by atoms with Gasteiger partial charge in [-0.25, -0.2) is 4.79 Å². The lowest BCUT2D eigenvalue weighted by molar-refractivity contribution is -0.116. The molecule has 0 spiro atoms. The van der Waals surface area contributed by atoms with Gasteiger partial charge in [0.05, 0.1) is 24.7 Å². The van der Waals surface area contributed by atoms with E-state index in [0.717, 1.165) is 5.56 Å². The number of benzene rings is 1. The third-order valence-corrected chi connectivity index (χ3v) is 2.68. The number of carbonyl (C=O) groups excluding carboxylic acids is 2. The summed E-state index contributed by atoms with van der Waals surface area (Å²) in [4.78, 5) is 22.8. The molecule has 0 aliphatic carbocycles. The predicted octanol–water partition coefficient (Wildman–Crippen LogP) is 1.71. The molecule has 4 nitrogen and oxygen atoms in total. The Balaban J connectivity index is 2.96. The third kappa shape index (κ3) is 3.82.